The number of likely N-dealkylation sites (tertiary alicyclic amines) is 1. The number of nitrogens with two attached hydrogens (primary N) is 1. The van der Waals surface area contributed by atoms with Crippen molar-refractivity contribution in [3.63, 3.8) is 0 Å². The molecule has 0 bridgehead atoms. The third-order valence-electron chi connectivity index (χ3n) is 5.28. The molecule has 1 amide bonds. The van der Waals surface area contributed by atoms with Crippen molar-refractivity contribution in [3.05, 3.63) is 23.7 Å². The summed E-state index contributed by atoms with van der Waals surface area (Å²) in [6, 6.07) is 3.37. The number of hydrogen-bond donors (Lipinski definition) is 2. The minimum absolute atomic E-state index is 0. The van der Waals surface area contributed by atoms with Gasteiger partial charge < -0.3 is 20.4 Å². The van der Waals surface area contributed by atoms with Crippen LogP contribution in [0.4, 0.5) is 0 Å². The minimum atomic E-state index is -0.545. The van der Waals surface area contributed by atoms with Crippen LogP contribution in [0.3, 0.4) is 0 Å². The molecule has 0 radical (unpaired) electrons. The van der Waals surface area contributed by atoms with E-state index < -0.39 is 5.91 Å². The van der Waals surface area contributed by atoms with Gasteiger partial charge >= 0.3 is 0 Å². The molecular weight excluding hydrogens is 431 g/mol. The Labute approximate surface area is 166 Å². The standard InChI is InChI=1S/C18H28N4O2.HI/c1-2-20-17(21-12-14-6-7-15(24-14)16(19)23)22-11-10-18(13-22)8-4-3-5-9-18;/h6-7H,2-5,8-13H2,1H3,(H2,19,23)(H,20,21);1H. The van der Waals surface area contributed by atoms with Crippen LogP contribution in [0.15, 0.2) is 21.5 Å². The number of carbonyl (C=O) groups is 1. The van der Waals surface area contributed by atoms with Crippen molar-refractivity contribution in [1.29, 1.82) is 0 Å². The number of rotatable bonds is 4. The highest BCUT2D eigenvalue weighted by molar-refractivity contribution is 14.0. The molecule has 2 heterocycles. The van der Waals surface area contributed by atoms with Gasteiger partial charge in [0.15, 0.2) is 11.7 Å². The first kappa shape index (κ1) is 20.1. The molecule has 3 rings (SSSR count). The van der Waals surface area contributed by atoms with E-state index in [1.165, 1.54) is 38.5 Å². The fourth-order valence-corrected chi connectivity index (χ4v) is 4.00. The van der Waals surface area contributed by atoms with Crippen LogP contribution in [0.5, 0.6) is 0 Å². The van der Waals surface area contributed by atoms with E-state index in [0.717, 1.165) is 25.6 Å². The van der Waals surface area contributed by atoms with Crippen LogP contribution in [0, 0.1) is 5.41 Å². The minimum Gasteiger partial charge on any atom is -0.454 e. The highest BCUT2D eigenvalue weighted by Gasteiger charge is 2.39. The van der Waals surface area contributed by atoms with E-state index in [4.69, 9.17) is 15.1 Å². The van der Waals surface area contributed by atoms with Gasteiger partial charge in [0, 0.05) is 19.6 Å². The summed E-state index contributed by atoms with van der Waals surface area (Å²) in [7, 11) is 0. The van der Waals surface area contributed by atoms with Gasteiger partial charge in [0.1, 0.15) is 12.3 Å². The van der Waals surface area contributed by atoms with E-state index in [0.29, 0.717) is 17.7 Å². The molecule has 1 aliphatic heterocycles. The third kappa shape index (κ3) is 4.89. The number of halogens is 1. The van der Waals surface area contributed by atoms with E-state index in [-0.39, 0.29) is 29.7 Å². The van der Waals surface area contributed by atoms with Crippen LogP contribution in [-0.2, 0) is 6.54 Å². The van der Waals surface area contributed by atoms with Crippen molar-refractivity contribution in [2.24, 2.45) is 16.1 Å². The molecule has 1 aromatic heterocycles. The van der Waals surface area contributed by atoms with Gasteiger partial charge in [-0.05, 0) is 43.7 Å². The molecule has 2 fully saturated rings. The second kappa shape index (κ2) is 8.91. The zero-order chi connectivity index (χ0) is 17.0. The molecule has 25 heavy (non-hydrogen) atoms. The van der Waals surface area contributed by atoms with Crippen molar-refractivity contribution in [1.82, 2.24) is 10.2 Å². The maximum absolute atomic E-state index is 11.1. The summed E-state index contributed by atoms with van der Waals surface area (Å²) in [4.78, 5) is 18.2. The molecule has 0 atom stereocenters. The van der Waals surface area contributed by atoms with Gasteiger partial charge in [0.2, 0.25) is 0 Å². The fourth-order valence-electron chi connectivity index (χ4n) is 4.00. The van der Waals surface area contributed by atoms with Crippen molar-refractivity contribution in [3.8, 4) is 0 Å². The SMILES string of the molecule is CCNC(=NCc1ccc(C(N)=O)o1)N1CCC2(CCCCC2)C1.I. The molecular formula is C18H29IN4O2. The van der Waals surface area contributed by atoms with E-state index in [1.54, 1.807) is 12.1 Å². The number of primary amides is 1. The third-order valence-corrected chi connectivity index (χ3v) is 5.28. The predicted molar refractivity (Wildman–Crippen MR) is 109 cm³/mol. The molecule has 6 nitrogen and oxygen atoms in total. The highest BCUT2D eigenvalue weighted by Crippen LogP contribution is 2.43. The van der Waals surface area contributed by atoms with Gasteiger partial charge in [0.25, 0.3) is 5.91 Å². The first-order chi connectivity index (χ1) is 11.6. The van der Waals surface area contributed by atoms with Crippen LogP contribution >= 0.6 is 24.0 Å². The zero-order valence-electron chi connectivity index (χ0n) is 14.9. The number of amides is 1. The molecule has 2 aliphatic rings. The van der Waals surface area contributed by atoms with E-state index in [2.05, 4.69) is 17.1 Å². The predicted octanol–water partition coefficient (Wildman–Crippen LogP) is 3.12. The molecule has 1 saturated carbocycles. The Bertz CT molecular complexity index is 608. The summed E-state index contributed by atoms with van der Waals surface area (Å²) in [5, 5.41) is 3.39. The molecule has 0 aromatic carbocycles. The number of carbonyl (C=O) groups excluding carboxylic acids is 1. The fraction of sp³-hybridized carbons (Fsp3) is 0.667. The molecule has 140 valence electrons. The molecule has 0 unspecified atom stereocenters. The maximum atomic E-state index is 11.1. The van der Waals surface area contributed by atoms with Gasteiger partial charge in [0.05, 0.1) is 0 Å². The Balaban J connectivity index is 0.00000225. The lowest BCUT2D eigenvalue weighted by Crippen LogP contribution is -2.41. The van der Waals surface area contributed by atoms with Crippen molar-refractivity contribution >= 4 is 35.8 Å². The zero-order valence-corrected chi connectivity index (χ0v) is 17.3. The normalized spacial score (nSPS) is 19.7. The molecule has 1 saturated heterocycles. The number of guanidine groups is 1. The highest BCUT2D eigenvalue weighted by atomic mass is 127. The van der Waals surface area contributed by atoms with E-state index in [1.807, 2.05) is 0 Å². The summed E-state index contributed by atoms with van der Waals surface area (Å²) in [5.74, 6) is 1.24. The molecule has 3 N–H and O–H groups in total. The van der Waals surface area contributed by atoms with Crippen LogP contribution in [0.2, 0.25) is 0 Å². The van der Waals surface area contributed by atoms with Gasteiger partial charge in [-0.1, -0.05) is 19.3 Å². The van der Waals surface area contributed by atoms with Crippen LogP contribution in [-0.4, -0.2) is 36.4 Å². The van der Waals surface area contributed by atoms with Crippen molar-refractivity contribution in [2.75, 3.05) is 19.6 Å². The Morgan fingerprint density at radius 1 is 1.32 bits per heavy atom. The Hall–Kier alpha value is -1.25. The molecule has 1 spiro atoms. The quantitative estimate of drug-likeness (QED) is 0.411. The molecule has 1 aromatic rings. The summed E-state index contributed by atoms with van der Waals surface area (Å²) < 4.78 is 5.42. The Morgan fingerprint density at radius 3 is 2.72 bits per heavy atom. The second-order valence-corrected chi connectivity index (χ2v) is 7.03. The first-order valence-corrected chi connectivity index (χ1v) is 9.04. The van der Waals surface area contributed by atoms with Gasteiger partial charge in [-0.3, -0.25) is 4.79 Å². The number of furan rings is 1. The lowest BCUT2D eigenvalue weighted by atomic mass is 9.73. The average molecular weight is 460 g/mol. The monoisotopic (exact) mass is 460 g/mol. The van der Waals surface area contributed by atoms with Crippen LogP contribution in [0.1, 0.15) is 61.8 Å². The van der Waals surface area contributed by atoms with E-state index in [9.17, 15) is 4.79 Å². The summed E-state index contributed by atoms with van der Waals surface area (Å²) in [5.41, 5.74) is 5.72. The van der Waals surface area contributed by atoms with Crippen molar-refractivity contribution < 1.29 is 9.21 Å². The van der Waals surface area contributed by atoms with E-state index >= 15 is 0 Å². The second-order valence-electron chi connectivity index (χ2n) is 7.03. The Morgan fingerprint density at radius 2 is 2.08 bits per heavy atom. The number of aliphatic imine (C=N–C) groups is 1. The topological polar surface area (TPSA) is 83.9 Å². The lowest BCUT2D eigenvalue weighted by molar-refractivity contribution is 0.0972. The number of hydrogen-bond acceptors (Lipinski definition) is 3. The van der Waals surface area contributed by atoms with Gasteiger partial charge in [-0.2, -0.15) is 0 Å². The van der Waals surface area contributed by atoms with Gasteiger partial charge in [-0.15, -0.1) is 24.0 Å². The average Bonchev–Trinajstić information content (AvgIpc) is 3.20. The smallest absolute Gasteiger partial charge is 0.284 e. The lowest BCUT2D eigenvalue weighted by Gasteiger charge is -2.33. The van der Waals surface area contributed by atoms with Crippen LogP contribution in [0.25, 0.3) is 0 Å². The first-order valence-electron chi connectivity index (χ1n) is 9.04. The largest absolute Gasteiger partial charge is 0.454 e. The summed E-state index contributed by atoms with van der Waals surface area (Å²) in [6.07, 6.45) is 8.08. The summed E-state index contributed by atoms with van der Waals surface area (Å²) >= 11 is 0. The van der Waals surface area contributed by atoms with Crippen LogP contribution < -0.4 is 11.1 Å². The Kier molecular flexibility index (Phi) is 7.15. The summed E-state index contributed by atoms with van der Waals surface area (Å²) in [6.45, 7) is 5.51. The van der Waals surface area contributed by atoms with Gasteiger partial charge in [-0.25, -0.2) is 4.99 Å². The number of nitrogens with zero attached hydrogens (tertiary/aromatic N) is 2. The van der Waals surface area contributed by atoms with Crippen molar-refractivity contribution in [2.45, 2.75) is 52.0 Å². The molecule has 1 aliphatic carbocycles. The number of nitrogens with one attached hydrogen (secondary N) is 1. The maximum Gasteiger partial charge on any atom is 0.284 e. The molecule has 7 heteroatoms.